The lowest BCUT2D eigenvalue weighted by molar-refractivity contribution is 0.122. The standard InChI is InChI=1S/C19H24N4OS/c1-14-3-8-18(20-13-14)22-19(25)21-15(2)16-4-6-17(7-5-16)23-9-11-24-12-10-23/h3-8,13,15H,9-12H2,1-2H3,(H2,20,21,22,25)/t15-/m1/s1. The first-order chi connectivity index (χ1) is 12.1. The molecule has 2 aromatic rings. The minimum Gasteiger partial charge on any atom is -0.378 e. The van der Waals surface area contributed by atoms with Gasteiger partial charge in [-0.3, -0.25) is 0 Å². The largest absolute Gasteiger partial charge is 0.378 e. The Hall–Kier alpha value is -2.18. The molecule has 132 valence electrons. The van der Waals surface area contributed by atoms with E-state index in [1.54, 1.807) is 0 Å². The fraction of sp³-hybridized carbons (Fsp3) is 0.368. The van der Waals surface area contributed by atoms with Gasteiger partial charge in [-0.2, -0.15) is 0 Å². The van der Waals surface area contributed by atoms with Crippen LogP contribution in [0.25, 0.3) is 0 Å². The Morgan fingerprint density at radius 3 is 2.52 bits per heavy atom. The van der Waals surface area contributed by atoms with Crippen molar-refractivity contribution in [3.63, 3.8) is 0 Å². The van der Waals surface area contributed by atoms with Gasteiger partial charge < -0.3 is 20.3 Å². The molecule has 5 nitrogen and oxygen atoms in total. The number of anilines is 2. The van der Waals surface area contributed by atoms with Gasteiger partial charge in [0, 0.05) is 25.0 Å². The van der Waals surface area contributed by atoms with E-state index in [-0.39, 0.29) is 6.04 Å². The third-order valence-corrected chi connectivity index (χ3v) is 4.49. The molecule has 0 unspecified atom stereocenters. The Morgan fingerprint density at radius 2 is 1.88 bits per heavy atom. The van der Waals surface area contributed by atoms with Crippen LogP contribution >= 0.6 is 12.2 Å². The highest BCUT2D eigenvalue weighted by atomic mass is 32.1. The van der Waals surface area contributed by atoms with Gasteiger partial charge in [0.15, 0.2) is 5.11 Å². The van der Waals surface area contributed by atoms with Crippen LogP contribution in [0.1, 0.15) is 24.1 Å². The van der Waals surface area contributed by atoms with Crippen LogP contribution in [0.3, 0.4) is 0 Å². The number of pyridine rings is 1. The smallest absolute Gasteiger partial charge is 0.172 e. The van der Waals surface area contributed by atoms with Crippen LogP contribution in [-0.4, -0.2) is 36.4 Å². The lowest BCUT2D eigenvalue weighted by Gasteiger charge is -2.29. The Morgan fingerprint density at radius 1 is 1.16 bits per heavy atom. The summed E-state index contributed by atoms with van der Waals surface area (Å²) in [6.07, 6.45) is 1.82. The lowest BCUT2D eigenvalue weighted by atomic mass is 10.1. The molecule has 0 amide bonds. The van der Waals surface area contributed by atoms with E-state index < -0.39 is 0 Å². The molecular formula is C19H24N4OS. The van der Waals surface area contributed by atoms with E-state index in [9.17, 15) is 0 Å². The van der Waals surface area contributed by atoms with Crippen molar-refractivity contribution < 1.29 is 4.74 Å². The number of nitrogens with zero attached hydrogens (tertiary/aromatic N) is 2. The minimum atomic E-state index is 0.115. The molecule has 1 aromatic heterocycles. The molecule has 1 aromatic carbocycles. The second kappa shape index (κ2) is 8.27. The Balaban J connectivity index is 1.55. The highest BCUT2D eigenvalue weighted by Crippen LogP contribution is 2.20. The summed E-state index contributed by atoms with van der Waals surface area (Å²) in [5.74, 6) is 0.748. The molecule has 3 rings (SSSR count). The van der Waals surface area contributed by atoms with Crippen LogP contribution in [0.15, 0.2) is 42.6 Å². The average Bonchev–Trinajstić information content (AvgIpc) is 2.64. The summed E-state index contributed by atoms with van der Waals surface area (Å²) in [7, 11) is 0. The van der Waals surface area contributed by atoms with Gasteiger partial charge in [0.05, 0.1) is 19.3 Å². The third kappa shape index (κ3) is 4.90. The zero-order valence-corrected chi connectivity index (χ0v) is 15.5. The van der Waals surface area contributed by atoms with E-state index in [0.29, 0.717) is 5.11 Å². The maximum absolute atomic E-state index is 5.40. The summed E-state index contributed by atoms with van der Waals surface area (Å²) in [5.41, 5.74) is 3.56. The van der Waals surface area contributed by atoms with Crippen LogP contribution in [0, 0.1) is 6.92 Å². The Kier molecular flexibility index (Phi) is 5.83. The number of benzene rings is 1. The molecule has 1 aliphatic heterocycles. The monoisotopic (exact) mass is 356 g/mol. The summed E-state index contributed by atoms with van der Waals surface area (Å²) in [5, 5.41) is 7.00. The number of hydrogen-bond acceptors (Lipinski definition) is 4. The molecule has 0 saturated carbocycles. The van der Waals surface area contributed by atoms with Gasteiger partial charge in [-0.05, 0) is 55.4 Å². The molecule has 0 spiro atoms. The Bertz CT molecular complexity index is 696. The van der Waals surface area contributed by atoms with Crippen molar-refractivity contribution in [2.45, 2.75) is 19.9 Å². The van der Waals surface area contributed by atoms with Crippen molar-refractivity contribution in [3.8, 4) is 0 Å². The molecule has 0 radical (unpaired) electrons. The molecule has 25 heavy (non-hydrogen) atoms. The summed E-state index contributed by atoms with van der Waals surface area (Å²) < 4.78 is 5.40. The predicted octanol–water partition coefficient (Wildman–Crippen LogP) is 3.27. The highest BCUT2D eigenvalue weighted by Gasteiger charge is 2.12. The van der Waals surface area contributed by atoms with E-state index in [1.807, 2.05) is 25.3 Å². The molecule has 1 aliphatic rings. The second-order valence-corrected chi connectivity index (χ2v) is 6.64. The zero-order valence-electron chi connectivity index (χ0n) is 14.7. The Labute approximate surface area is 154 Å². The van der Waals surface area contributed by atoms with Gasteiger partial charge in [0.1, 0.15) is 5.82 Å². The molecule has 1 saturated heterocycles. The van der Waals surface area contributed by atoms with E-state index >= 15 is 0 Å². The van der Waals surface area contributed by atoms with Crippen molar-refractivity contribution in [3.05, 3.63) is 53.7 Å². The van der Waals surface area contributed by atoms with Crippen molar-refractivity contribution in [1.82, 2.24) is 10.3 Å². The lowest BCUT2D eigenvalue weighted by Crippen LogP contribution is -2.36. The fourth-order valence-corrected chi connectivity index (χ4v) is 3.05. The molecular weight excluding hydrogens is 332 g/mol. The number of aryl methyl sites for hydroxylation is 1. The van der Waals surface area contributed by atoms with Gasteiger partial charge in [0.2, 0.25) is 0 Å². The average molecular weight is 356 g/mol. The summed E-state index contributed by atoms with van der Waals surface area (Å²) in [6, 6.07) is 12.7. The van der Waals surface area contributed by atoms with Crippen molar-refractivity contribution in [1.29, 1.82) is 0 Å². The van der Waals surface area contributed by atoms with Crippen molar-refractivity contribution in [2.24, 2.45) is 0 Å². The molecule has 2 N–H and O–H groups in total. The summed E-state index contributed by atoms with van der Waals surface area (Å²) in [4.78, 5) is 6.66. The van der Waals surface area contributed by atoms with Crippen LogP contribution < -0.4 is 15.5 Å². The number of aromatic nitrogens is 1. The summed E-state index contributed by atoms with van der Waals surface area (Å²) in [6.45, 7) is 7.60. The highest BCUT2D eigenvalue weighted by molar-refractivity contribution is 7.80. The number of rotatable bonds is 4. The van der Waals surface area contributed by atoms with Gasteiger partial charge in [-0.25, -0.2) is 4.98 Å². The van der Waals surface area contributed by atoms with Crippen LogP contribution in [0.5, 0.6) is 0 Å². The number of nitrogens with one attached hydrogen (secondary N) is 2. The topological polar surface area (TPSA) is 49.4 Å². The van der Waals surface area contributed by atoms with Gasteiger partial charge in [-0.1, -0.05) is 18.2 Å². The first-order valence-corrected chi connectivity index (χ1v) is 8.95. The first-order valence-electron chi connectivity index (χ1n) is 8.54. The molecule has 1 fully saturated rings. The van der Waals surface area contributed by atoms with Gasteiger partial charge >= 0.3 is 0 Å². The maximum Gasteiger partial charge on any atom is 0.172 e. The minimum absolute atomic E-state index is 0.115. The number of thiocarbonyl (C=S) groups is 1. The maximum atomic E-state index is 5.40. The van der Waals surface area contributed by atoms with E-state index in [0.717, 1.165) is 37.7 Å². The predicted molar refractivity (Wildman–Crippen MR) is 106 cm³/mol. The normalized spacial score (nSPS) is 15.5. The third-order valence-electron chi connectivity index (χ3n) is 4.27. The number of hydrogen-bond donors (Lipinski definition) is 2. The SMILES string of the molecule is Cc1ccc(NC(=S)N[C@H](C)c2ccc(N3CCOCC3)cc2)nc1. The molecule has 2 heterocycles. The number of ether oxygens (including phenoxy) is 1. The second-order valence-electron chi connectivity index (χ2n) is 6.23. The van der Waals surface area contributed by atoms with Gasteiger partial charge in [0.25, 0.3) is 0 Å². The molecule has 1 atom stereocenters. The van der Waals surface area contributed by atoms with Crippen LogP contribution in [-0.2, 0) is 4.74 Å². The van der Waals surface area contributed by atoms with Crippen LogP contribution in [0.2, 0.25) is 0 Å². The fourth-order valence-electron chi connectivity index (χ4n) is 2.77. The van der Waals surface area contributed by atoms with Crippen molar-refractivity contribution in [2.75, 3.05) is 36.5 Å². The molecule has 0 bridgehead atoms. The van der Waals surface area contributed by atoms with Crippen molar-refractivity contribution >= 4 is 28.8 Å². The van der Waals surface area contributed by atoms with Crippen LogP contribution in [0.4, 0.5) is 11.5 Å². The molecule has 6 heteroatoms. The van der Waals surface area contributed by atoms with Gasteiger partial charge in [-0.15, -0.1) is 0 Å². The summed E-state index contributed by atoms with van der Waals surface area (Å²) >= 11 is 5.39. The number of morpholine rings is 1. The first kappa shape index (κ1) is 17.6. The van der Waals surface area contributed by atoms with E-state index in [2.05, 4.69) is 51.7 Å². The quantitative estimate of drug-likeness (QED) is 0.820. The zero-order chi connectivity index (χ0) is 17.6. The molecule has 0 aliphatic carbocycles. The van der Waals surface area contributed by atoms with E-state index in [4.69, 9.17) is 17.0 Å². The van der Waals surface area contributed by atoms with E-state index in [1.165, 1.54) is 11.3 Å².